The zero-order valence-corrected chi connectivity index (χ0v) is 7.57. The molecule has 1 aliphatic rings. The minimum Gasteiger partial charge on any atom is -0.271 e. The Morgan fingerprint density at radius 3 is 3.09 bits per heavy atom. The van der Waals surface area contributed by atoms with Gasteiger partial charge in [0.25, 0.3) is 0 Å². The van der Waals surface area contributed by atoms with Crippen LogP contribution in [0.4, 0.5) is 0 Å². The van der Waals surface area contributed by atoms with E-state index >= 15 is 0 Å². The molecule has 0 bridgehead atoms. The maximum absolute atomic E-state index is 5.43. The number of nitrogens with one attached hydrogen (secondary N) is 1. The third kappa shape index (κ3) is 2.51. The first-order chi connectivity index (χ1) is 5.38. The monoisotopic (exact) mass is 172 g/mol. The van der Waals surface area contributed by atoms with Gasteiger partial charge in [-0.1, -0.05) is 6.08 Å². The van der Waals surface area contributed by atoms with E-state index in [0.29, 0.717) is 11.3 Å². The molecule has 0 spiro atoms. The number of hydrazine groups is 1. The molecule has 3 heteroatoms. The number of rotatable bonds is 4. The second kappa shape index (κ2) is 4.80. The summed E-state index contributed by atoms with van der Waals surface area (Å²) in [5.41, 5.74) is 2.85. The second-order valence-corrected chi connectivity index (χ2v) is 4.20. The first-order valence-electron chi connectivity index (χ1n) is 4.07. The Kier molecular flexibility index (Phi) is 3.97. The molecule has 3 N–H and O–H groups in total. The highest BCUT2D eigenvalue weighted by atomic mass is 32.2. The fourth-order valence-corrected chi connectivity index (χ4v) is 2.82. The summed E-state index contributed by atoms with van der Waals surface area (Å²) in [6.07, 6.45) is 5.55. The molecule has 0 saturated carbocycles. The lowest BCUT2D eigenvalue weighted by atomic mass is 10.1. The van der Waals surface area contributed by atoms with Crippen molar-refractivity contribution < 1.29 is 0 Å². The molecule has 0 aromatic carbocycles. The van der Waals surface area contributed by atoms with Gasteiger partial charge in [-0.15, -0.1) is 6.58 Å². The highest BCUT2D eigenvalue weighted by molar-refractivity contribution is 8.00. The summed E-state index contributed by atoms with van der Waals surface area (Å²) in [7, 11) is 0. The van der Waals surface area contributed by atoms with Gasteiger partial charge in [0, 0.05) is 11.3 Å². The SMILES string of the molecule is C=CCC(NN)C1CCCS1. The maximum atomic E-state index is 5.43. The van der Waals surface area contributed by atoms with E-state index in [0.717, 1.165) is 6.42 Å². The predicted molar refractivity (Wildman–Crippen MR) is 51.4 cm³/mol. The minimum absolute atomic E-state index is 0.431. The molecule has 0 aromatic heterocycles. The Labute approximate surface area is 72.6 Å². The number of hydrogen-bond donors (Lipinski definition) is 2. The molecular weight excluding hydrogens is 156 g/mol. The molecule has 2 atom stereocenters. The first kappa shape index (κ1) is 9.10. The quantitative estimate of drug-likeness (QED) is 0.381. The van der Waals surface area contributed by atoms with Crippen molar-refractivity contribution in [1.29, 1.82) is 0 Å². The summed E-state index contributed by atoms with van der Waals surface area (Å²) in [5, 5.41) is 0.706. The van der Waals surface area contributed by atoms with Gasteiger partial charge in [-0.2, -0.15) is 11.8 Å². The van der Waals surface area contributed by atoms with Crippen LogP contribution in [0.15, 0.2) is 12.7 Å². The summed E-state index contributed by atoms with van der Waals surface area (Å²) < 4.78 is 0. The van der Waals surface area contributed by atoms with Crippen molar-refractivity contribution in [3.05, 3.63) is 12.7 Å². The normalized spacial score (nSPS) is 26.8. The van der Waals surface area contributed by atoms with Crippen LogP contribution < -0.4 is 11.3 Å². The largest absolute Gasteiger partial charge is 0.271 e. The van der Waals surface area contributed by atoms with E-state index in [1.807, 2.05) is 17.8 Å². The Balaban J connectivity index is 2.33. The van der Waals surface area contributed by atoms with E-state index in [4.69, 9.17) is 5.84 Å². The van der Waals surface area contributed by atoms with Crippen LogP contribution in [0.1, 0.15) is 19.3 Å². The summed E-state index contributed by atoms with van der Waals surface area (Å²) >= 11 is 2.02. The van der Waals surface area contributed by atoms with Gasteiger partial charge < -0.3 is 0 Å². The van der Waals surface area contributed by atoms with Crippen LogP contribution in [0, 0.1) is 0 Å². The smallest absolute Gasteiger partial charge is 0.0363 e. The van der Waals surface area contributed by atoms with E-state index in [1.54, 1.807) is 0 Å². The third-order valence-electron chi connectivity index (χ3n) is 2.05. The molecule has 1 rings (SSSR count). The Morgan fingerprint density at radius 2 is 2.64 bits per heavy atom. The van der Waals surface area contributed by atoms with Crippen LogP contribution in [0.25, 0.3) is 0 Å². The van der Waals surface area contributed by atoms with Gasteiger partial charge in [-0.25, -0.2) is 0 Å². The Morgan fingerprint density at radius 1 is 1.82 bits per heavy atom. The molecule has 11 heavy (non-hydrogen) atoms. The molecule has 1 fully saturated rings. The standard InChI is InChI=1S/C8H16N2S/c1-2-4-7(10-9)8-5-3-6-11-8/h2,7-8,10H,1,3-6,9H2. The molecular formula is C8H16N2S. The molecule has 1 saturated heterocycles. The van der Waals surface area contributed by atoms with Gasteiger partial charge in [0.1, 0.15) is 0 Å². The van der Waals surface area contributed by atoms with Gasteiger partial charge in [-0.3, -0.25) is 11.3 Å². The fourth-order valence-electron chi connectivity index (χ4n) is 1.43. The third-order valence-corrected chi connectivity index (χ3v) is 3.57. The second-order valence-electron chi connectivity index (χ2n) is 2.85. The van der Waals surface area contributed by atoms with Crippen molar-refractivity contribution in [2.45, 2.75) is 30.6 Å². The zero-order valence-electron chi connectivity index (χ0n) is 6.75. The average Bonchev–Trinajstić information content (AvgIpc) is 2.52. The fraction of sp³-hybridized carbons (Fsp3) is 0.750. The van der Waals surface area contributed by atoms with E-state index in [1.165, 1.54) is 18.6 Å². The van der Waals surface area contributed by atoms with Gasteiger partial charge in [0.15, 0.2) is 0 Å². The lowest BCUT2D eigenvalue weighted by Gasteiger charge is -2.19. The molecule has 0 aliphatic carbocycles. The maximum Gasteiger partial charge on any atom is 0.0363 e. The molecule has 1 heterocycles. The van der Waals surface area contributed by atoms with Crippen LogP contribution in [0.5, 0.6) is 0 Å². The topological polar surface area (TPSA) is 38.0 Å². The highest BCUT2D eigenvalue weighted by Crippen LogP contribution is 2.29. The van der Waals surface area contributed by atoms with Crippen molar-refractivity contribution in [3.63, 3.8) is 0 Å². The molecule has 0 aromatic rings. The highest BCUT2D eigenvalue weighted by Gasteiger charge is 2.23. The molecule has 0 radical (unpaired) electrons. The predicted octanol–water partition coefficient (Wildman–Crippen LogP) is 1.29. The van der Waals surface area contributed by atoms with Crippen LogP contribution in [0.3, 0.4) is 0 Å². The zero-order chi connectivity index (χ0) is 8.10. The summed E-state index contributed by atoms with van der Waals surface area (Å²) in [5.74, 6) is 6.72. The number of thioether (sulfide) groups is 1. The summed E-state index contributed by atoms with van der Waals surface area (Å²) in [6, 6.07) is 0.431. The summed E-state index contributed by atoms with van der Waals surface area (Å²) in [4.78, 5) is 0. The summed E-state index contributed by atoms with van der Waals surface area (Å²) in [6.45, 7) is 3.72. The van der Waals surface area contributed by atoms with Crippen LogP contribution >= 0.6 is 11.8 Å². The Hall–Kier alpha value is 0.0100. The van der Waals surface area contributed by atoms with Crippen molar-refractivity contribution in [3.8, 4) is 0 Å². The van der Waals surface area contributed by atoms with Crippen LogP contribution in [-0.4, -0.2) is 17.0 Å². The Bertz CT molecular complexity index is 121. The average molecular weight is 172 g/mol. The van der Waals surface area contributed by atoms with Gasteiger partial charge in [0.05, 0.1) is 0 Å². The van der Waals surface area contributed by atoms with Crippen LogP contribution in [-0.2, 0) is 0 Å². The van der Waals surface area contributed by atoms with E-state index in [-0.39, 0.29) is 0 Å². The molecule has 1 aliphatic heterocycles. The van der Waals surface area contributed by atoms with Crippen molar-refractivity contribution in [1.82, 2.24) is 5.43 Å². The van der Waals surface area contributed by atoms with E-state index < -0.39 is 0 Å². The first-order valence-corrected chi connectivity index (χ1v) is 5.12. The van der Waals surface area contributed by atoms with E-state index in [9.17, 15) is 0 Å². The minimum atomic E-state index is 0.431. The van der Waals surface area contributed by atoms with Crippen molar-refractivity contribution >= 4 is 11.8 Å². The molecule has 2 unspecified atom stereocenters. The number of hydrogen-bond acceptors (Lipinski definition) is 3. The molecule has 2 nitrogen and oxygen atoms in total. The van der Waals surface area contributed by atoms with Crippen molar-refractivity contribution in [2.75, 3.05) is 5.75 Å². The molecule has 64 valence electrons. The van der Waals surface area contributed by atoms with Gasteiger partial charge in [0.2, 0.25) is 0 Å². The lowest BCUT2D eigenvalue weighted by molar-refractivity contribution is 0.503. The van der Waals surface area contributed by atoms with E-state index in [2.05, 4.69) is 12.0 Å². The van der Waals surface area contributed by atoms with Gasteiger partial charge in [-0.05, 0) is 25.0 Å². The molecule has 0 amide bonds. The van der Waals surface area contributed by atoms with Gasteiger partial charge >= 0.3 is 0 Å². The number of nitrogens with two attached hydrogens (primary N) is 1. The van der Waals surface area contributed by atoms with Crippen molar-refractivity contribution in [2.24, 2.45) is 5.84 Å². The van der Waals surface area contributed by atoms with Crippen LogP contribution in [0.2, 0.25) is 0 Å². The lowest BCUT2D eigenvalue weighted by Crippen LogP contribution is -2.41.